The van der Waals surface area contributed by atoms with Crippen molar-refractivity contribution >= 4 is 17.5 Å². The molecule has 1 saturated heterocycles. The second kappa shape index (κ2) is 6.28. The number of hydrogen-bond donors (Lipinski definition) is 0. The van der Waals surface area contributed by atoms with Crippen molar-refractivity contribution < 1.29 is 4.79 Å². The third-order valence-electron chi connectivity index (χ3n) is 2.95. The van der Waals surface area contributed by atoms with Crippen molar-refractivity contribution in [3.8, 4) is 0 Å². The highest BCUT2D eigenvalue weighted by Gasteiger charge is 2.22. The molecule has 0 aromatic carbocycles. The number of likely N-dealkylation sites (tertiary alicyclic amines) is 1. The van der Waals surface area contributed by atoms with Crippen LogP contribution in [-0.2, 0) is 4.79 Å². The summed E-state index contributed by atoms with van der Waals surface area (Å²) >= 11 is 5.55. The van der Waals surface area contributed by atoms with E-state index in [0.29, 0.717) is 0 Å². The second-order valence-corrected chi connectivity index (χ2v) is 4.39. The Morgan fingerprint density at radius 2 is 2.36 bits per heavy atom. The highest BCUT2D eigenvalue weighted by molar-refractivity contribution is 6.27. The summed E-state index contributed by atoms with van der Waals surface area (Å²) in [5.74, 6) is 0.962. The quantitative estimate of drug-likeness (QED) is 0.663. The van der Waals surface area contributed by atoms with Gasteiger partial charge in [-0.05, 0) is 25.2 Å². The molecule has 3 heteroatoms. The van der Waals surface area contributed by atoms with Gasteiger partial charge in [0.05, 0.1) is 0 Å². The van der Waals surface area contributed by atoms with Gasteiger partial charge in [0.1, 0.15) is 5.88 Å². The van der Waals surface area contributed by atoms with Crippen molar-refractivity contribution in [2.45, 2.75) is 39.0 Å². The Kier molecular flexibility index (Phi) is 5.31. The van der Waals surface area contributed by atoms with Crippen LogP contribution >= 0.6 is 11.6 Å². The third kappa shape index (κ3) is 3.49. The van der Waals surface area contributed by atoms with Gasteiger partial charge in [-0.3, -0.25) is 4.79 Å². The molecule has 1 aliphatic rings. The Labute approximate surface area is 91.6 Å². The monoisotopic (exact) mass is 217 g/mol. The molecule has 0 aromatic heterocycles. The number of amides is 1. The molecule has 1 rings (SSSR count). The van der Waals surface area contributed by atoms with Crippen LogP contribution in [0.25, 0.3) is 0 Å². The summed E-state index contributed by atoms with van der Waals surface area (Å²) in [5.41, 5.74) is 0. The molecule has 1 unspecified atom stereocenters. The fraction of sp³-hybridized carbons (Fsp3) is 0.909. The molecule has 1 atom stereocenters. The largest absolute Gasteiger partial charge is 0.341 e. The molecule has 0 aliphatic carbocycles. The zero-order chi connectivity index (χ0) is 10.4. The number of carbonyl (C=O) groups excluding carboxylic acids is 1. The Balaban J connectivity index is 2.31. The van der Waals surface area contributed by atoms with E-state index in [-0.39, 0.29) is 11.8 Å². The summed E-state index contributed by atoms with van der Waals surface area (Å²) in [6.07, 6.45) is 6.24. The second-order valence-electron chi connectivity index (χ2n) is 4.12. The molecule has 0 bridgehead atoms. The number of unbranched alkanes of at least 4 members (excludes halogenated alkanes) is 1. The number of carbonyl (C=O) groups is 1. The summed E-state index contributed by atoms with van der Waals surface area (Å²) < 4.78 is 0. The summed E-state index contributed by atoms with van der Waals surface area (Å²) in [6.45, 7) is 4.06. The minimum Gasteiger partial charge on any atom is -0.341 e. The van der Waals surface area contributed by atoms with E-state index in [0.717, 1.165) is 25.4 Å². The minimum absolute atomic E-state index is 0.105. The van der Waals surface area contributed by atoms with Gasteiger partial charge in [0.2, 0.25) is 5.91 Å². The van der Waals surface area contributed by atoms with Crippen LogP contribution in [0.2, 0.25) is 0 Å². The summed E-state index contributed by atoms with van der Waals surface area (Å²) in [4.78, 5) is 13.3. The molecule has 0 spiro atoms. The predicted octanol–water partition coefficient (Wildman–Crippen LogP) is 2.65. The van der Waals surface area contributed by atoms with Crippen molar-refractivity contribution in [2.75, 3.05) is 19.0 Å². The number of rotatable bonds is 4. The average Bonchev–Trinajstić information content (AvgIpc) is 2.25. The fourth-order valence-electron chi connectivity index (χ4n) is 2.10. The van der Waals surface area contributed by atoms with E-state index in [1.54, 1.807) is 0 Å². The molecular formula is C11H20ClNO. The van der Waals surface area contributed by atoms with Gasteiger partial charge in [0.15, 0.2) is 0 Å². The standard InChI is InChI=1S/C11H20ClNO/c1-2-3-5-10-6-4-7-13(9-10)11(14)8-12/h10H,2-9H2,1H3. The number of alkyl halides is 1. The van der Waals surface area contributed by atoms with E-state index in [4.69, 9.17) is 11.6 Å². The van der Waals surface area contributed by atoms with E-state index in [2.05, 4.69) is 6.92 Å². The molecule has 14 heavy (non-hydrogen) atoms. The summed E-state index contributed by atoms with van der Waals surface area (Å²) in [6, 6.07) is 0. The van der Waals surface area contributed by atoms with Crippen molar-refractivity contribution in [2.24, 2.45) is 5.92 Å². The fourth-order valence-corrected chi connectivity index (χ4v) is 2.27. The summed E-state index contributed by atoms with van der Waals surface area (Å²) in [7, 11) is 0. The van der Waals surface area contributed by atoms with E-state index in [9.17, 15) is 4.79 Å². The molecule has 0 saturated carbocycles. The van der Waals surface area contributed by atoms with Crippen LogP contribution in [0.5, 0.6) is 0 Å². The van der Waals surface area contributed by atoms with Crippen LogP contribution in [0.3, 0.4) is 0 Å². The normalized spacial score (nSPS) is 22.4. The highest BCUT2D eigenvalue weighted by Crippen LogP contribution is 2.21. The lowest BCUT2D eigenvalue weighted by molar-refractivity contribution is -0.130. The first kappa shape index (κ1) is 11.8. The first-order chi connectivity index (χ1) is 6.77. The lowest BCUT2D eigenvalue weighted by Gasteiger charge is -2.32. The van der Waals surface area contributed by atoms with Crippen LogP contribution in [0.15, 0.2) is 0 Å². The molecule has 0 N–H and O–H groups in total. The van der Waals surface area contributed by atoms with E-state index in [1.807, 2.05) is 4.90 Å². The number of nitrogens with zero attached hydrogens (tertiary/aromatic N) is 1. The zero-order valence-electron chi connectivity index (χ0n) is 8.97. The van der Waals surface area contributed by atoms with Crippen LogP contribution in [0.4, 0.5) is 0 Å². The van der Waals surface area contributed by atoms with E-state index >= 15 is 0 Å². The van der Waals surface area contributed by atoms with Gasteiger partial charge in [-0.1, -0.05) is 19.8 Å². The molecule has 82 valence electrons. The molecule has 1 aliphatic heterocycles. The van der Waals surface area contributed by atoms with Crippen molar-refractivity contribution in [1.82, 2.24) is 4.90 Å². The SMILES string of the molecule is CCCCC1CCCN(C(=O)CCl)C1. The lowest BCUT2D eigenvalue weighted by atomic mass is 9.93. The topological polar surface area (TPSA) is 20.3 Å². The van der Waals surface area contributed by atoms with Crippen molar-refractivity contribution in [3.05, 3.63) is 0 Å². The first-order valence-electron chi connectivity index (χ1n) is 5.61. The van der Waals surface area contributed by atoms with Crippen molar-refractivity contribution in [3.63, 3.8) is 0 Å². The maximum absolute atomic E-state index is 11.4. The molecule has 0 aromatic rings. The molecule has 0 radical (unpaired) electrons. The number of halogens is 1. The molecule has 2 nitrogen and oxygen atoms in total. The Hall–Kier alpha value is -0.240. The summed E-state index contributed by atoms with van der Waals surface area (Å²) in [5, 5.41) is 0. The maximum atomic E-state index is 11.4. The smallest absolute Gasteiger partial charge is 0.237 e. The number of hydrogen-bond acceptors (Lipinski definition) is 1. The lowest BCUT2D eigenvalue weighted by Crippen LogP contribution is -2.40. The van der Waals surface area contributed by atoms with Crippen LogP contribution in [0, 0.1) is 5.92 Å². The van der Waals surface area contributed by atoms with Gasteiger partial charge in [-0.15, -0.1) is 11.6 Å². The molecule has 1 heterocycles. The van der Waals surface area contributed by atoms with Gasteiger partial charge in [0, 0.05) is 13.1 Å². The predicted molar refractivity (Wildman–Crippen MR) is 59.5 cm³/mol. The Morgan fingerprint density at radius 3 is 3.00 bits per heavy atom. The van der Waals surface area contributed by atoms with Crippen LogP contribution in [0.1, 0.15) is 39.0 Å². The molecule has 1 fully saturated rings. The maximum Gasteiger partial charge on any atom is 0.237 e. The Morgan fingerprint density at radius 1 is 1.57 bits per heavy atom. The van der Waals surface area contributed by atoms with Gasteiger partial charge in [-0.25, -0.2) is 0 Å². The third-order valence-corrected chi connectivity index (χ3v) is 3.18. The Bertz CT molecular complexity index is 184. The van der Waals surface area contributed by atoms with E-state index in [1.165, 1.54) is 25.7 Å². The van der Waals surface area contributed by atoms with Gasteiger partial charge in [-0.2, -0.15) is 0 Å². The van der Waals surface area contributed by atoms with Crippen molar-refractivity contribution in [1.29, 1.82) is 0 Å². The van der Waals surface area contributed by atoms with Crippen LogP contribution < -0.4 is 0 Å². The van der Waals surface area contributed by atoms with Gasteiger partial charge >= 0.3 is 0 Å². The van der Waals surface area contributed by atoms with Crippen LogP contribution in [-0.4, -0.2) is 29.8 Å². The average molecular weight is 218 g/mol. The highest BCUT2D eigenvalue weighted by atomic mass is 35.5. The molecular weight excluding hydrogens is 198 g/mol. The number of piperidine rings is 1. The first-order valence-corrected chi connectivity index (χ1v) is 6.15. The van der Waals surface area contributed by atoms with E-state index < -0.39 is 0 Å². The molecule has 1 amide bonds. The van der Waals surface area contributed by atoms with Gasteiger partial charge in [0.25, 0.3) is 0 Å². The minimum atomic E-state index is 0.105. The van der Waals surface area contributed by atoms with Gasteiger partial charge < -0.3 is 4.90 Å². The zero-order valence-corrected chi connectivity index (χ0v) is 9.72.